The van der Waals surface area contributed by atoms with E-state index < -0.39 is 5.82 Å². The van der Waals surface area contributed by atoms with E-state index in [1.807, 2.05) is 28.8 Å². The Balaban J connectivity index is 1.70. The van der Waals surface area contributed by atoms with Gasteiger partial charge >= 0.3 is 0 Å². The second-order valence-electron chi connectivity index (χ2n) is 5.66. The van der Waals surface area contributed by atoms with Crippen molar-refractivity contribution in [3.63, 3.8) is 0 Å². The maximum absolute atomic E-state index is 13.7. The Kier molecular flexibility index (Phi) is 6.49. The van der Waals surface area contributed by atoms with Gasteiger partial charge in [-0.3, -0.25) is 4.57 Å². The van der Waals surface area contributed by atoms with E-state index in [1.54, 1.807) is 43.1 Å². The number of para-hydroxylation sites is 1. The third-order valence-corrected chi connectivity index (χ3v) is 4.84. The highest BCUT2D eigenvalue weighted by Crippen LogP contribution is 2.25. The maximum Gasteiger partial charge on any atom is 0.191 e. The SMILES string of the molecule is C=CCn1c(COc2ccccc2F)nnc1SCc1cccc(OC)c1. The van der Waals surface area contributed by atoms with Crippen LogP contribution >= 0.6 is 11.8 Å². The number of hydrogen-bond donors (Lipinski definition) is 0. The topological polar surface area (TPSA) is 49.2 Å². The number of aromatic nitrogens is 3. The lowest BCUT2D eigenvalue weighted by Gasteiger charge is -2.10. The van der Waals surface area contributed by atoms with Crippen molar-refractivity contribution < 1.29 is 13.9 Å². The largest absolute Gasteiger partial charge is 0.497 e. The standard InChI is InChI=1S/C20H20FN3O2S/c1-3-11-24-19(13-26-18-10-5-4-9-17(18)21)22-23-20(24)27-14-15-7-6-8-16(12-15)25-2/h3-10,12H,1,11,13-14H2,2H3. The van der Waals surface area contributed by atoms with E-state index >= 15 is 0 Å². The maximum atomic E-state index is 13.7. The molecule has 3 aromatic rings. The minimum absolute atomic E-state index is 0.126. The molecule has 0 fully saturated rings. The van der Waals surface area contributed by atoms with Crippen LogP contribution in [0.1, 0.15) is 11.4 Å². The molecular weight excluding hydrogens is 365 g/mol. The summed E-state index contributed by atoms with van der Waals surface area (Å²) >= 11 is 1.56. The molecule has 27 heavy (non-hydrogen) atoms. The molecule has 2 aromatic carbocycles. The molecule has 0 spiro atoms. The lowest BCUT2D eigenvalue weighted by atomic mass is 10.2. The average molecular weight is 385 g/mol. The number of hydrogen-bond acceptors (Lipinski definition) is 5. The van der Waals surface area contributed by atoms with Gasteiger partial charge in [0.25, 0.3) is 0 Å². The van der Waals surface area contributed by atoms with Gasteiger partial charge in [-0.15, -0.1) is 16.8 Å². The van der Waals surface area contributed by atoms with Gasteiger partial charge in [0.15, 0.2) is 22.5 Å². The molecule has 0 bridgehead atoms. The minimum Gasteiger partial charge on any atom is -0.497 e. The normalized spacial score (nSPS) is 10.6. The van der Waals surface area contributed by atoms with Crippen LogP contribution in [0, 0.1) is 5.82 Å². The second-order valence-corrected chi connectivity index (χ2v) is 6.60. The molecule has 140 valence electrons. The molecular formula is C20H20FN3O2S. The summed E-state index contributed by atoms with van der Waals surface area (Å²) in [6.45, 7) is 4.46. The number of thioether (sulfide) groups is 1. The second kappa shape index (κ2) is 9.23. The van der Waals surface area contributed by atoms with Crippen LogP contribution in [-0.2, 0) is 18.9 Å². The molecule has 0 aliphatic rings. The molecule has 0 aliphatic heterocycles. The van der Waals surface area contributed by atoms with Crippen molar-refractivity contribution in [3.05, 3.63) is 78.4 Å². The summed E-state index contributed by atoms with van der Waals surface area (Å²) in [7, 11) is 1.65. The molecule has 0 saturated carbocycles. The Morgan fingerprint density at radius 3 is 2.81 bits per heavy atom. The van der Waals surface area contributed by atoms with Crippen molar-refractivity contribution in [2.75, 3.05) is 7.11 Å². The molecule has 0 atom stereocenters. The first-order chi connectivity index (χ1) is 13.2. The van der Waals surface area contributed by atoms with Crippen LogP contribution in [0.15, 0.2) is 66.3 Å². The summed E-state index contributed by atoms with van der Waals surface area (Å²) in [5, 5.41) is 9.20. The molecule has 0 saturated heterocycles. The summed E-state index contributed by atoms with van der Waals surface area (Å²) in [6.07, 6.45) is 1.77. The van der Waals surface area contributed by atoms with E-state index in [0.29, 0.717) is 12.4 Å². The molecule has 0 aliphatic carbocycles. The Hall–Kier alpha value is -2.80. The highest BCUT2D eigenvalue weighted by atomic mass is 32.2. The molecule has 3 rings (SSSR count). The van der Waals surface area contributed by atoms with Crippen LogP contribution in [0.5, 0.6) is 11.5 Å². The van der Waals surface area contributed by atoms with Crippen LogP contribution in [0.4, 0.5) is 4.39 Å². The van der Waals surface area contributed by atoms with Crippen LogP contribution in [0.2, 0.25) is 0 Å². The number of nitrogens with zero attached hydrogens (tertiary/aromatic N) is 3. The highest BCUT2D eigenvalue weighted by molar-refractivity contribution is 7.98. The van der Waals surface area contributed by atoms with Gasteiger partial charge in [-0.2, -0.15) is 0 Å². The number of rotatable bonds is 9. The van der Waals surface area contributed by atoms with Crippen LogP contribution in [0.3, 0.4) is 0 Å². The molecule has 0 amide bonds. The number of halogens is 1. The van der Waals surface area contributed by atoms with Crippen molar-refractivity contribution in [3.8, 4) is 11.5 Å². The van der Waals surface area contributed by atoms with Crippen molar-refractivity contribution in [1.82, 2.24) is 14.8 Å². The van der Waals surface area contributed by atoms with E-state index in [-0.39, 0.29) is 12.4 Å². The van der Waals surface area contributed by atoms with Gasteiger partial charge < -0.3 is 9.47 Å². The fourth-order valence-corrected chi connectivity index (χ4v) is 3.37. The Labute approximate surface area is 161 Å². The molecule has 0 radical (unpaired) electrons. The quantitative estimate of drug-likeness (QED) is 0.401. The summed E-state index contributed by atoms with van der Waals surface area (Å²) in [5.74, 6) is 1.95. The van der Waals surface area contributed by atoms with Gasteiger partial charge in [0.2, 0.25) is 0 Å². The van der Waals surface area contributed by atoms with Crippen molar-refractivity contribution in [2.45, 2.75) is 24.1 Å². The van der Waals surface area contributed by atoms with Gasteiger partial charge in [-0.25, -0.2) is 4.39 Å². The fraction of sp³-hybridized carbons (Fsp3) is 0.200. The van der Waals surface area contributed by atoms with Gasteiger partial charge in [-0.1, -0.05) is 42.1 Å². The van der Waals surface area contributed by atoms with Gasteiger partial charge in [0.05, 0.1) is 7.11 Å². The van der Waals surface area contributed by atoms with E-state index in [2.05, 4.69) is 16.8 Å². The van der Waals surface area contributed by atoms with Crippen LogP contribution < -0.4 is 9.47 Å². The third kappa shape index (κ3) is 4.89. The Bertz CT molecular complexity index is 914. The predicted molar refractivity (Wildman–Crippen MR) is 104 cm³/mol. The van der Waals surface area contributed by atoms with Gasteiger partial charge in [0.1, 0.15) is 12.4 Å². The zero-order valence-electron chi connectivity index (χ0n) is 15.0. The summed E-state index contributed by atoms with van der Waals surface area (Å²) in [6, 6.07) is 14.2. The van der Waals surface area contributed by atoms with E-state index in [0.717, 1.165) is 22.2 Å². The van der Waals surface area contributed by atoms with Crippen molar-refractivity contribution >= 4 is 11.8 Å². The number of benzene rings is 2. The summed E-state index contributed by atoms with van der Waals surface area (Å²) in [4.78, 5) is 0. The zero-order valence-corrected chi connectivity index (χ0v) is 15.8. The highest BCUT2D eigenvalue weighted by Gasteiger charge is 2.13. The Morgan fingerprint density at radius 2 is 2.04 bits per heavy atom. The van der Waals surface area contributed by atoms with Gasteiger partial charge in [-0.05, 0) is 29.8 Å². The number of methoxy groups -OCH3 is 1. The smallest absolute Gasteiger partial charge is 0.191 e. The molecule has 1 aromatic heterocycles. The molecule has 5 nitrogen and oxygen atoms in total. The van der Waals surface area contributed by atoms with Crippen LogP contribution in [0.25, 0.3) is 0 Å². The number of ether oxygens (including phenoxy) is 2. The lowest BCUT2D eigenvalue weighted by Crippen LogP contribution is -2.08. The third-order valence-electron chi connectivity index (χ3n) is 3.80. The number of allylic oxidation sites excluding steroid dienone is 1. The molecule has 7 heteroatoms. The predicted octanol–water partition coefficient (Wildman–Crippen LogP) is 4.48. The monoisotopic (exact) mass is 385 g/mol. The summed E-state index contributed by atoms with van der Waals surface area (Å²) < 4.78 is 26.4. The first kappa shape index (κ1) is 19.0. The first-order valence-corrected chi connectivity index (χ1v) is 9.36. The Morgan fingerprint density at radius 1 is 1.19 bits per heavy atom. The zero-order chi connectivity index (χ0) is 19.1. The molecule has 0 unspecified atom stereocenters. The summed E-state index contributed by atoms with van der Waals surface area (Å²) in [5.41, 5.74) is 1.12. The van der Waals surface area contributed by atoms with Crippen LogP contribution in [-0.4, -0.2) is 21.9 Å². The van der Waals surface area contributed by atoms with E-state index in [4.69, 9.17) is 9.47 Å². The van der Waals surface area contributed by atoms with Crippen molar-refractivity contribution in [2.24, 2.45) is 0 Å². The average Bonchev–Trinajstić information content (AvgIpc) is 3.08. The minimum atomic E-state index is -0.403. The molecule has 0 N–H and O–H groups in total. The van der Waals surface area contributed by atoms with E-state index in [9.17, 15) is 4.39 Å². The fourth-order valence-electron chi connectivity index (χ4n) is 2.46. The molecule has 1 heterocycles. The van der Waals surface area contributed by atoms with Crippen molar-refractivity contribution in [1.29, 1.82) is 0 Å². The lowest BCUT2D eigenvalue weighted by molar-refractivity contribution is 0.275. The van der Waals surface area contributed by atoms with E-state index in [1.165, 1.54) is 6.07 Å². The first-order valence-electron chi connectivity index (χ1n) is 8.37. The van der Waals surface area contributed by atoms with Gasteiger partial charge in [0, 0.05) is 12.3 Å².